The normalized spacial score (nSPS) is 23.7. The third-order valence-electron chi connectivity index (χ3n) is 3.14. The van der Waals surface area contributed by atoms with Crippen molar-refractivity contribution in [1.29, 1.82) is 0 Å². The van der Waals surface area contributed by atoms with E-state index in [1.165, 1.54) is 0 Å². The molecule has 0 saturated carbocycles. The molecule has 19 heavy (non-hydrogen) atoms. The van der Waals surface area contributed by atoms with Crippen LogP contribution in [0.15, 0.2) is 62.9 Å². The summed E-state index contributed by atoms with van der Waals surface area (Å²) in [5, 5.41) is 1.67. The second-order valence-electron chi connectivity index (χ2n) is 4.64. The standard InChI is InChI=1S/C15H19NO2S/c1-12(2)15-10-9-13(18-15)11-19(17,16-3)14-7-5-4-6-8-14/h4-8,11,15H,1,9-10H2,2-3H3/b13-11+. The van der Waals surface area contributed by atoms with E-state index in [4.69, 9.17) is 4.74 Å². The van der Waals surface area contributed by atoms with E-state index in [9.17, 15) is 4.21 Å². The number of rotatable bonds is 3. The van der Waals surface area contributed by atoms with Crippen LogP contribution in [0.1, 0.15) is 19.8 Å². The van der Waals surface area contributed by atoms with Gasteiger partial charge in [-0.25, -0.2) is 8.57 Å². The van der Waals surface area contributed by atoms with Crippen molar-refractivity contribution in [3.8, 4) is 0 Å². The third-order valence-corrected chi connectivity index (χ3v) is 5.21. The molecule has 1 aromatic carbocycles. The first kappa shape index (κ1) is 13.9. The van der Waals surface area contributed by atoms with Crippen molar-refractivity contribution < 1.29 is 8.95 Å². The maximum absolute atomic E-state index is 12.8. The van der Waals surface area contributed by atoms with Gasteiger partial charge in [-0.1, -0.05) is 24.8 Å². The lowest BCUT2D eigenvalue weighted by Crippen LogP contribution is -2.05. The molecule has 0 aliphatic carbocycles. The summed E-state index contributed by atoms with van der Waals surface area (Å²) in [5.41, 5.74) is 1.00. The first-order chi connectivity index (χ1) is 9.05. The number of benzene rings is 1. The van der Waals surface area contributed by atoms with E-state index < -0.39 is 9.73 Å². The van der Waals surface area contributed by atoms with Crippen LogP contribution in [0, 0.1) is 0 Å². The Balaban J connectivity index is 2.31. The zero-order valence-electron chi connectivity index (χ0n) is 11.3. The molecular weight excluding hydrogens is 258 g/mol. The van der Waals surface area contributed by atoms with Gasteiger partial charge < -0.3 is 4.74 Å². The van der Waals surface area contributed by atoms with Crippen molar-refractivity contribution in [3.63, 3.8) is 0 Å². The van der Waals surface area contributed by atoms with Crippen LogP contribution in [0.5, 0.6) is 0 Å². The molecule has 0 N–H and O–H groups in total. The van der Waals surface area contributed by atoms with Gasteiger partial charge in [-0.2, -0.15) is 0 Å². The van der Waals surface area contributed by atoms with Gasteiger partial charge in [-0.15, -0.1) is 0 Å². The van der Waals surface area contributed by atoms with Crippen LogP contribution in [-0.4, -0.2) is 17.4 Å². The van der Waals surface area contributed by atoms with Crippen LogP contribution >= 0.6 is 0 Å². The van der Waals surface area contributed by atoms with Gasteiger partial charge in [0, 0.05) is 13.5 Å². The highest BCUT2D eigenvalue weighted by Gasteiger charge is 2.23. The largest absolute Gasteiger partial charge is 0.490 e. The van der Waals surface area contributed by atoms with Gasteiger partial charge in [0.05, 0.1) is 20.0 Å². The summed E-state index contributed by atoms with van der Waals surface area (Å²) in [6.45, 7) is 5.85. The molecule has 1 heterocycles. The van der Waals surface area contributed by atoms with Crippen LogP contribution in [0.4, 0.5) is 0 Å². The van der Waals surface area contributed by atoms with E-state index in [2.05, 4.69) is 10.9 Å². The first-order valence-corrected chi connectivity index (χ1v) is 7.86. The first-order valence-electron chi connectivity index (χ1n) is 6.28. The van der Waals surface area contributed by atoms with Crippen molar-refractivity contribution >= 4 is 9.73 Å². The summed E-state index contributed by atoms with van der Waals surface area (Å²) in [4.78, 5) is 0.715. The molecule has 1 aromatic rings. The van der Waals surface area contributed by atoms with Gasteiger partial charge in [0.1, 0.15) is 11.9 Å². The summed E-state index contributed by atoms with van der Waals surface area (Å²) in [5.74, 6) is 0.757. The molecule has 0 radical (unpaired) electrons. The Morgan fingerprint density at radius 3 is 2.68 bits per heavy atom. The summed E-state index contributed by atoms with van der Waals surface area (Å²) in [6, 6.07) is 9.29. The molecule has 102 valence electrons. The highest BCUT2D eigenvalue weighted by molar-refractivity contribution is 7.96. The molecule has 0 amide bonds. The Hall–Kier alpha value is -1.55. The van der Waals surface area contributed by atoms with Gasteiger partial charge in [-0.3, -0.25) is 0 Å². The van der Waals surface area contributed by atoms with E-state index in [0.29, 0.717) is 4.90 Å². The van der Waals surface area contributed by atoms with E-state index >= 15 is 0 Å². The van der Waals surface area contributed by atoms with Crippen LogP contribution in [0.2, 0.25) is 0 Å². The lowest BCUT2D eigenvalue weighted by atomic mass is 10.1. The Kier molecular flexibility index (Phi) is 4.10. The predicted molar refractivity (Wildman–Crippen MR) is 78.2 cm³/mol. The molecule has 3 nitrogen and oxygen atoms in total. The highest BCUT2D eigenvalue weighted by atomic mass is 32.2. The fraction of sp³-hybridized carbons (Fsp3) is 0.333. The topological polar surface area (TPSA) is 38.7 Å². The summed E-state index contributed by atoms with van der Waals surface area (Å²) in [6.07, 6.45) is 1.73. The van der Waals surface area contributed by atoms with Crippen molar-refractivity contribution in [2.24, 2.45) is 4.36 Å². The Morgan fingerprint density at radius 2 is 2.16 bits per heavy atom. The smallest absolute Gasteiger partial charge is 0.119 e. The van der Waals surface area contributed by atoms with Crippen molar-refractivity contribution in [1.82, 2.24) is 0 Å². The van der Waals surface area contributed by atoms with E-state index in [1.54, 1.807) is 12.5 Å². The van der Waals surface area contributed by atoms with Gasteiger partial charge in [-0.05, 0) is 31.1 Å². The molecule has 2 rings (SSSR count). The quantitative estimate of drug-likeness (QED) is 0.789. The number of allylic oxidation sites excluding steroid dienone is 1. The number of nitrogens with zero attached hydrogens (tertiary/aromatic N) is 1. The van der Waals surface area contributed by atoms with Gasteiger partial charge >= 0.3 is 0 Å². The fourth-order valence-electron chi connectivity index (χ4n) is 2.03. The second-order valence-corrected chi connectivity index (χ2v) is 6.85. The second kappa shape index (κ2) is 5.61. The maximum Gasteiger partial charge on any atom is 0.119 e. The van der Waals surface area contributed by atoms with Gasteiger partial charge in [0.2, 0.25) is 0 Å². The molecular formula is C15H19NO2S. The summed E-state index contributed by atoms with van der Waals surface area (Å²) in [7, 11) is -0.949. The zero-order valence-corrected chi connectivity index (χ0v) is 12.2. The van der Waals surface area contributed by atoms with Crippen molar-refractivity contribution in [2.45, 2.75) is 30.8 Å². The van der Waals surface area contributed by atoms with Gasteiger partial charge in [0.15, 0.2) is 0 Å². The van der Waals surface area contributed by atoms with Crippen LogP contribution in [0.3, 0.4) is 0 Å². The predicted octanol–water partition coefficient (Wildman–Crippen LogP) is 3.74. The Labute approximate surface area is 115 Å². The monoisotopic (exact) mass is 277 g/mol. The van der Waals surface area contributed by atoms with Gasteiger partial charge in [0.25, 0.3) is 0 Å². The fourth-order valence-corrected chi connectivity index (χ4v) is 3.56. The van der Waals surface area contributed by atoms with Crippen molar-refractivity contribution in [3.05, 3.63) is 53.7 Å². The minimum Gasteiger partial charge on any atom is -0.490 e. The summed E-state index contributed by atoms with van der Waals surface area (Å²) >= 11 is 0. The molecule has 4 heteroatoms. The lowest BCUT2D eigenvalue weighted by molar-refractivity contribution is 0.192. The van der Waals surface area contributed by atoms with Crippen LogP contribution < -0.4 is 0 Å². The Morgan fingerprint density at radius 1 is 1.47 bits per heavy atom. The maximum atomic E-state index is 12.8. The number of hydrogen-bond donors (Lipinski definition) is 0. The zero-order chi connectivity index (χ0) is 13.9. The van der Waals surface area contributed by atoms with E-state index in [0.717, 1.165) is 24.2 Å². The van der Waals surface area contributed by atoms with E-state index in [1.807, 2.05) is 37.3 Å². The molecule has 0 aromatic heterocycles. The number of hydrogen-bond acceptors (Lipinski definition) is 3. The lowest BCUT2D eigenvalue weighted by Gasteiger charge is -2.10. The minimum absolute atomic E-state index is 0.0440. The van der Waals surface area contributed by atoms with E-state index in [-0.39, 0.29) is 6.10 Å². The average Bonchev–Trinajstić information content (AvgIpc) is 2.88. The average molecular weight is 277 g/mol. The molecule has 1 fully saturated rings. The molecule has 0 bridgehead atoms. The SMILES string of the molecule is C=C(C)C1CC/C(=C\S(=O)(=NC)c2ccccc2)O1. The molecule has 2 atom stereocenters. The summed E-state index contributed by atoms with van der Waals surface area (Å²) < 4.78 is 22.7. The minimum atomic E-state index is -2.53. The number of ether oxygens (including phenoxy) is 1. The molecule has 1 aliphatic rings. The highest BCUT2D eigenvalue weighted by Crippen LogP contribution is 2.29. The molecule has 0 spiro atoms. The molecule has 2 unspecified atom stereocenters. The van der Waals surface area contributed by atoms with Crippen LogP contribution in [-0.2, 0) is 14.5 Å². The molecule has 1 aliphatic heterocycles. The third kappa shape index (κ3) is 3.07. The molecule has 1 saturated heterocycles. The van der Waals surface area contributed by atoms with Crippen molar-refractivity contribution in [2.75, 3.05) is 7.05 Å². The van der Waals surface area contributed by atoms with Crippen LogP contribution in [0.25, 0.3) is 0 Å². The Bertz CT molecular complexity index is 610.